The van der Waals surface area contributed by atoms with E-state index in [0.717, 1.165) is 22.6 Å². The van der Waals surface area contributed by atoms with E-state index in [1.165, 1.54) is 4.90 Å². The van der Waals surface area contributed by atoms with Crippen LogP contribution in [0.1, 0.15) is 30.3 Å². The number of nitrogens with zero attached hydrogens (tertiary/aromatic N) is 5. The molecule has 2 aromatic carbocycles. The Bertz CT molecular complexity index is 1140. The van der Waals surface area contributed by atoms with Gasteiger partial charge in [0.05, 0.1) is 5.69 Å². The molecular formula is C22H30N6. The molecule has 0 bridgehead atoms. The van der Waals surface area contributed by atoms with E-state index in [2.05, 4.69) is 20.3 Å². The number of piperazine rings is 1. The fourth-order valence-electron chi connectivity index (χ4n) is 3.36. The SMILES string of the molecule is [2H]C([2H])([2H])C([2H])(N1CCN(c2cc(C)cc(Nc3ncn(-c4ccccc4)n3)c2)CC1)C([2H])([2H])[2H].[HH]. The standard InChI is InChI=1S/C22H28N6.H2/c1-17(2)26-9-11-27(12-10-26)21-14-18(3)13-19(15-21)24-22-23-16-28(25-22)20-7-5-4-6-8-20;/h4-8,13-17H,9-12H2,1-3H3,(H,24,25);1H/i1D3,2D3,17D;. The van der Waals surface area contributed by atoms with E-state index in [1.54, 1.807) is 11.0 Å². The third kappa shape index (κ3) is 4.17. The molecule has 2 heterocycles. The third-order valence-electron chi connectivity index (χ3n) is 4.79. The van der Waals surface area contributed by atoms with Crippen LogP contribution in [0.25, 0.3) is 5.69 Å². The van der Waals surface area contributed by atoms with E-state index in [9.17, 15) is 0 Å². The average molecular weight is 386 g/mol. The number of para-hydroxylation sites is 1. The molecule has 0 aliphatic carbocycles. The molecule has 1 aliphatic rings. The Kier molecular flexibility index (Phi) is 3.40. The van der Waals surface area contributed by atoms with Gasteiger partial charge in [0.15, 0.2) is 0 Å². The molecular weight excluding hydrogens is 348 g/mol. The molecule has 0 unspecified atom stereocenters. The first kappa shape index (κ1) is 11.9. The van der Waals surface area contributed by atoms with E-state index in [4.69, 9.17) is 9.60 Å². The summed E-state index contributed by atoms with van der Waals surface area (Å²) in [4.78, 5) is 7.66. The molecule has 4 rings (SSSR count). The Morgan fingerprint density at radius 2 is 1.86 bits per heavy atom. The Morgan fingerprint density at radius 3 is 2.61 bits per heavy atom. The van der Waals surface area contributed by atoms with Gasteiger partial charge in [-0.05, 0) is 56.5 Å². The van der Waals surface area contributed by atoms with Crippen LogP contribution in [0, 0.1) is 6.92 Å². The Balaban J connectivity index is 0.00000361. The van der Waals surface area contributed by atoms with Crippen molar-refractivity contribution >= 4 is 17.3 Å². The van der Waals surface area contributed by atoms with Gasteiger partial charge in [0.2, 0.25) is 5.95 Å². The van der Waals surface area contributed by atoms with E-state index in [-0.39, 0.29) is 14.5 Å². The van der Waals surface area contributed by atoms with Crippen molar-refractivity contribution in [2.75, 3.05) is 36.4 Å². The zero-order valence-electron chi connectivity index (χ0n) is 22.8. The molecule has 1 aliphatic heterocycles. The Hall–Kier alpha value is -2.86. The first-order valence-corrected chi connectivity index (χ1v) is 9.24. The van der Waals surface area contributed by atoms with Gasteiger partial charge in [-0.3, -0.25) is 4.90 Å². The predicted octanol–water partition coefficient (Wildman–Crippen LogP) is 4.10. The monoisotopic (exact) mass is 385 g/mol. The van der Waals surface area contributed by atoms with Crippen LogP contribution in [0.5, 0.6) is 0 Å². The van der Waals surface area contributed by atoms with Crippen molar-refractivity contribution in [3.8, 4) is 5.69 Å². The molecule has 28 heavy (non-hydrogen) atoms. The molecule has 0 atom stereocenters. The highest BCUT2D eigenvalue weighted by Gasteiger charge is 2.19. The molecule has 0 saturated carbocycles. The third-order valence-corrected chi connectivity index (χ3v) is 4.79. The smallest absolute Gasteiger partial charge is 0.246 e. The molecule has 6 heteroatoms. The lowest BCUT2D eigenvalue weighted by Crippen LogP contribution is -2.48. The lowest BCUT2D eigenvalue weighted by atomic mass is 10.1. The van der Waals surface area contributed by atoms with Gasteiger partial charge in [-0.15, -0.1) is 5.10 Å². The topological polar surface area (TPSA) is 49.2 Å². The number of aryl methyl sites for hydroxylation is 1. The van der Waals surface area contributed by atoms with Crippen LogP contribution in [0.2, 0.25) is 0 Å². The number of hydrogen-bond acceptors (Lipinski definition) is 5. The maximum atomic E-state index is 8.40. The number of nitrogens with one attached hydrogen (secondary N) is 1. The summed E-state index contributed by atoms with van der Waals surface area (Å²) in [6.45, 7) is -2.85. The normalized spacial score (nSPS) is 20.2. The van der Waals surface area contributed by atoms with Crippen LogP contribution in [-0.2, 0) is 0 Å². The van der Waals surface area contributed by atoms with Crippen molar-refractivity contribution in [3.63, 3.8) is 0 Å². The maximum Gasteiger partial charge on any atom is 0.246 e. The molecule has 1 fully saturated rings. The number of benzene rings is 2. The van der Waals surface area contributed by atoms with Crippen molar-refractivity contribution in [1.29, 1.82) is 0 Å². The highest BCUT2D eigenvalue weighted by atomic mass is 15.4. The lowest BCUT2D eigenvalue weighted by Gasteiger charge is -2.38. The minimum absolute atomic E-state index is 0. The highest BCUT2D eigenvalue weighted by Crippen LogP contribution is 2.25. The fraction of sp³-hybridized carbons (Fsp3) is 0.364. The number of aromatic nitrogens is 3. The highest BCUT2D eigenvalue weighted by molar-refractivity contribution is 5.64. The number of anilines is 3. The average Bonchev–Trinajstić information content (AvgIpc) is 3.26. The van der Waals surface area contributed by atoms with Crippen LogP contribution in [0.15, 0.2) is 54.9 Å². The Morgan fingerprint density at radius 1 is 1.07 bits per heavy atom. The van der Waals surface area contributed by atoms with Crippen LogP contribution < -0.4 is 10.2 Å². The lowest BCUT2D eigenvalue weighted by molar-refractivity contribution is 0.209. The molecule has 3 aromatic rings. The van der Waals surface area contributed by atoms with Crippen molar-refractivity contribution in [1.82, 2.24) is 19.7 Å². The van der Waals surface area contributed by atoms with Gasteiger partial charge in [0.1, 0.15) is 6.33 Å². The van der Waals surface area contributed by atoms with Crippen LogP contribution in [-0.4, -0.2) is 51.9 Å². The maximum absolute atomic E-state index is 8.40. The van der Waals surface area contributed by atoms with Crippen LogP contribution in [0.4, 0.5) is 17.3 Å². The van der Waals surface area contributed by atoms with Gasteiger partial charge in [0, 0.05) is 54.6 Å². The second-order valence-corrected chi connectivity index (χ2v) is 6.85. The summed E-state index contributed by atoms with van der Waals surface area (Å²) in [7, 11) is 0. The van der Waals surface area contributed by atoms with Crippen LogP contribution in [0.3, 0.4) is 0 Å². The van der Waals surface area contributed by atoms with Crippen molar-refractivity contribution in [2.45, 2.75) is 26.6 Å². The van der Waals surface area contributed by atoms with Crippen molar-refractivity contribution < 1.29 is 11.0 Å². The predicted molar refractivity (Wildman–Crippen MR) is 117 cm³/mol. The Labute approximate surface area is 178 Å². The summed E-state index contributed by atoms with van der Waals surface area (Å²) < 4.78 is 56.4. The van der Waals surface area contributed by atoms with Crippen molar-refractivity contribution in [2.24, 2.45) is 0 Å². The van der Waals surface area contributed by atoms with Gasteiger partial charge < -0.3 is 10.2 Å². The zero-order valence-corrected chi connectivity index (χ0v) is 15.8. The minimum Gasteiger partial charge on any atom is -0.369 e. The molecule has 1 N–H and O–H groups in total. The first-order valence-electron chi connectivity index (χ1n) is 12.7. The van der Waals surface area contributed by atoms with Crippen molar-refractivity contribution in [3.05, 3.63) is 60.4 Å². The molecule has 1 saturated heterocycles. The summed E-state index contributed by atoms with van der Waals surface area (Å²) in [5.74, 6) is 0.449. The van der Waals surface area contributed by atoms with Gasteiger partial charge in [0.25, 0.3) is 0 Å². The molecule has 0 radical (unpaired) electrons. The zero-order chi connectivity index (χ0) is 25.4. The van der Waals surface area contributed by atoms with Gasteiger partial charge in [-0.1, -0.05) is 18.2 Å². The van der Waals surface area contributed by atoms with Gasteiger partial charge >= 0.3 is 0 Å². The van der Waals surface area contributed by atoms with E-state index >= 15 is 0 Å². The van der Waals surface area contributed by atoms with E-state index in [1.807, 2.05) is 55.5 Å². The van der Waals surface area contributed by atoms with Crippen LogP contribution >= 0.6 is 0 Å². The quantitative estimate of drug-likeness (QED) is 0.717. The second kappa shape index (κ2) is 8.02. The summed E-state index contributed by atoms with van der Waals surface area (Å²) in [6.07, 6.45) is 1.64. The number of rotatable bonds is 5. The number of hydrogen-bond donors (Lipinski definition) is 1. The minimum atomic E-state index is -2.96. The largest absolute Gasteiger partial charge is 0.369 e. The molecule has 0 spiro atoms. The summed E-state index contributed by atoms with van der Waals surface area (Å²) >= 11 is 0. The summed E-state index contributed by atoms with van der Waals surface area (Å²) in [5.41, 5.74) is 3.62. The van der Waals surface area contributed by atoms with E-state index < -0.39 is 19.7 Å². The molecule has 0 amide bonds. The molecule has 148 valence electrons. The fourth-order valence-corrected chi connectivity index (χ4v) is 3.36. The summed E-state index contributed by atoms with van der Waals surface area (Å²) in [6, 6.07) is 13.0. The summed E-state index contributed by atoms with van der Waals surface area (Å²) in [5, 5.41) is 7.71. The molecule has 1 aromatic heterocycles. The van der Waals surface area contributed by atoms with Gasteiger partial charge in [-0.25, -0.2) is 4.68 Å². The molecule has 6 nitrogen and oxygen atoms in total. The van der Waals surface area contributed by atoms with Gasteiger partial charge in [-0.2, -0.15) is 4.98 Å². The first-order chi connectivity index (χ1) is 16.4. The second-order valence-electron chi connectivity index (χ2n) is 6.85. The van der Waals surface area contributed by atoms with E-state index in [0.29, 0.717) is 19.0 Å².